The molecule has 9 heteroatoms. The molecule has 0 aromatic carbocycles. The maximum absolute atomic E-state index is 12.1. The first-order valence-corrected chi connectivity index (χ1v) is 8.02. The summed E-state index contributed by atoms with van der Waals surface area (Å²) in [6.07, 6.45) is 2.26. The van der Waals surface area contributed by atoms with Crippen LogP contribution >= 0.6 is 0 Å². The molecule has 3 rings (SSSR count). The van der Waals surface area contributed by atoms with E-state index in [1.807, 2.05) is 0 Å². The number of nitrogens with one attached hydrogen (secondary N) is 1. The molecule has 9 nitrogen and oxygen atoms in total. The lowest BCUT2D eigenvalue weighted by atomic mass is 10.0. The molecule has 0 radical (unpaired) electrons. The van der Waals surface area contributed by atoms with Crippen LogP contribution in [0.4, 0.5) is 0 Å². The minimum absolute atomic E-state index is 0.110. The van der Waals surface area contributed by atoms with Gasteiger partial charge in [0.1, 0.15) is 11.7 Å². The van der Waals surface area contributed by atoms with E-state index in [0.717, 1.165) is 17.4 Å². The molecule has 1 aromatic heterocycles. The fraction of sp³-hybridized carbons (Fsp3) is 0.733. The number of rotatable bonds is 5. The van der Waals surface area contributed by atoms with Gasteiger partial charge in [0.05, 0.1) is 13.2 Å². The van der Waals surface area contributed by atoms with Gasteiger partial charge in [-0.3, -0.25) is 14.3 Å². The molecule has 2 aliphatic rings. The van der Waals surface area contributed by atoms with Crippen molar-refractivity contribution < 1.29 is 24.8 Å². The van der Waals surface area contributed by atoms with E-state index >= 15 is 0 Å². The maximum atomic E-state index is 12.1. The first-order chi connectivity index (χ1) is 11.4. The second kappa shape index (κ2) is 6.41. The Labute approximate surface area is 137 Å². The van der Waals surface area contributed by atoms with Gasteiger partial charge in [0, 0.05) is 31.5 Å². The average molecular weight is 342 g/mol. The van der Waals surface area contributed by atoms with Crippen LogP contribution in [0.1, 0.15) is 38.3 Å². The second-order valence-electron chi connectivity index (χ2n) is 6.54. The lowest BCUT2D eigenvalue weighted by molar-refractivity contribution is -0.241. The van der Waals surface area contributed by atoms with Crippen molar-refractivity contribution in [2.24, 2.45) is 0 Å². The quantitative estimate of drug-likeness (QED) is 0.495. The Kier molecular flexibility index (Phi) is 4.63. The Bertz CT molecular complexity index is 688. The number of H-pyrrole nitrogens is 1. The van der Waals surface area contributed by atoms with E-state index in [-0.39, 0.29) is 6.42 Å². The highest BCUT2D eigenvalue weighted by atomic mass is 16.7. The molecule has 1 aromatic rings. The normalized spacial score (nSPS) is 28.3. The van der Waals surface area contributed by atoms with Gasteiger partial charge in [-0.25, -0.2) is 4.79 Å². The number of aliphatic hydroxyl groups is 3. The predicted octanol–water partition coefficient (Wildman–Crippen LogP) is -1.17. The summed E-state index contributed by atoms with van der Waals surface area (Å²) in [6.45, 7) is -0.924. The average Bonchev–Trinajstić information content (AvgIpc) is 3.12. The zero-order valence-electron chi connectivity index (χ0n) is 13.2. The number of aromatic nitrogens is 2. The fourth-order valence-electron chi connectivity index (χ4n) is 3.39. The first-order valence-electron chi connectivity index (χ1n) is 8.02. The highest BCUT2D eigenvalue weighted by Crippen LogP contribution is 2.42. The summed E-state index contributed by atoms with van der Waals surface area (Å²) in [4.78, 5) is 25.4. The van der Waals surface area contributed by atoms with Crippen LogP contribution in [0.5, 0.6) is 0 Å². The monoisotopic (exact) mass is 342 g/mol. The highest BCUT2D eigenvalue weighted by Gasteiger charge is 2.50. The van der Waals surface area contributed by atoms with Gasteiger partial charge < -0.3 is 24.8 Å². The lowest BCUT2D eigenvalue weighted by Crippen LogP contribution is -2.40. The van der Waals surface area contributed by atoms with Crippen molar-refractivity contribution in [1.82, 2.24) is 9.55 Å². The molecule has 1 aliphatic heterocycles. The van der Waals surface area contributed by atoms with E-state index in [4.69, 9.17) is 9.47 Å². The van der Waals surface area contributed by atoms with Crippen LogP contribution in [-0.2, 0) is 9.47 Å². The minimum Gasteiger partial charge on any atom is -0.393 e. The van der Waals surface area contributed by atoms with Crippen LogP contribution in [-0.4, -0.2) is 55.6 Å². The van der Waals surface area contributed by atoms with E-state index in [9.17, 15) is 24.9 Å². The van der Waals surface area contributed by atoms with Gasteiger partial charge in [0.15, 0.2) is 12.0 Å². The van der Waals surface area contributed by atoms with Gasteiger partial charge in [-0.05, 0) is 12.8 Å². The zero-order chi connectivity index (χ0) is 17.4. The molecule has 4 N–H and O–H groups in total. The molecule has 1 saturated heterocycles. The largest absolute Gasteiger partial charge is 0.393 e. The molecular formula is C15H22N2O7. The molecule has 2 atom stereocenters. The van der Waals surface area contributed by atoms with Crippen LogP contribution in [0, 0.1) is 0 Å². The van der Waals surface area contributed by atoms with Crippen LogP contribution in [0.25, 0.3) is 0 Å². The van der Waals surface area contributed by atoms with E-state index in [1.165, 1.54) is 12.3 Å². The summed E-state index contributed by atoms with van der Waals surface area (Å²) in [5.41, 5.74) is -2.51. The topological polar surface area (TPSA) is 134 Å². The standard InChI is InChI=1S/C15H22N2O7/c18-8-14(9-19)7-10(23-15(22)4-1-2-5-15)12(24-14)17-6-3-11(20)16-13(17)21/h3,6,10,12,18-19,22H,1-2,4-5,7-9H2,(H,16,20,21)/t10?,12-/m1/s1. The smallest absolute Gasteiger partial charge is 0.330 e. The molecule has 0 bridgehead atoms. The number of ether oxygens (including phenoxy) is 2. The number of aromatic amines is 1. The van der Waals surface area contributed by atoms with E-state index < -0.39 is 48.2 Å². The first kappa shape index (κ1) is 17.3. The van der Waals surface area contributed by atoms with Crippen LogP contribution in [0.3, 0.4) is 0 Å². The Balaban J connectivity index is 1.93. The van der Waals surface area contributed by atoms with Crippen molar-refractivity contribution in [3.63, 3.8) is 0 Å². The third-order valence-electron chi connectivity index (χ3n) is 4.72. The zero-order valence-corrected chi connectivity index (χ0v) is 13.2. The van der Waals surface area contributed by atoms with Gasteiger partial charge in [-0.2, -0.15) is 0 Å². The van der Waals surface area contributed by atoms with Crippen molar-refractivity contribution in [1.29, 1.82) is 0 Å². The van der Waals surface area contributed by atoms with E-state index in [0.29, 0.717) is 12.8 Å². The van der Waals surface area contributed by atoms with Gasteiger partial charge in [0.25, 0.3) is 5.56 Å². The minimum atomic E-state index is -1.31. The molecular weight excluding hydrogens is 320 g/mol. The number of hydrogen-bond acceptors (Lipinski definition) is 7. The predicted molar refractivity (Wildman–Crippen MR) is 81.3 cm³/mol. The van der Waals surface area contributed by atoms with E-state index in [1.54, 1.807) is 0 Å². The van der Waals surface area contributed by atoms with Gasteiger partial charge in [-0.15, -0.1) is 0 Å². The molecule has 2 fully saturated rings. The third kappa shape index (κ3) is 3.17. The third-order valence-corrected chi connectivity index (χ3v) is 4.72. The summed E-state index contributed by atoms with van der Waals surface area (Å²) in [6, 6.07) is 1.17. The molecule has 0 spiro atoms. The molecule has 1 aliphatic carbocycles. The molecule has 0 amide bonds. The summed E-state index contributed by atoms with van der Waals surface area (Å²) in [5.74, 6) is -1.31. The van der Waals surface area contributed by atoms with Crippen molar-refractivity contribution in [2.45, 2.75) is 55.8 Å². The van der Waals surface area contributed by atoms with Crippen LogP contribution in [0.15, 0.2) is 21.9 Å². The Morgan fingerprint density at radius 2 is 1.96 bits per heavy atom. The highest BCUT2D eigenvalue weighted by molar-refractivity contribution is 4.97. The Morgan fingerprint density at radius 3 is 2.54 bits per heavy atom. The summed E-state index contributed by atoms with van der Waals surface area (Å²) in [7, 11) is 0. The van der Waals surface area contributed by atoms with Crippen molar-refractivity contribution in [3.05, 3.63) is 33.1 Å². The lowest BCUT2D eigenvalue weighted by Gasteiger charge is -2.29. The SMILES string of the molecule is O=c1ccn([C@@H]2OC(CO)(CO)CC2OC2(O)CCCC2)c(=O)[nH]1. The Hall–Kier alpha value is -1.52. The molecule has 24 heavy (non-hydrogen) atoms. The van der Waals surface area contributed by atoms with Crippen molar-refractivity contribution >= 4 is 0 Å². The Morgan fingerprint density at radius 1 is 1.29 bits per heavy atom. The summed E-state index contributed by atoms with van der Waals surface area (Å²) >= 11 is 0. The molecule has 1 saturated carbocycles. The van der Waals surface area contributed by atoms with Gasteiger partial charge >= 0.3 is 5.69 Å². The molecule has 2 heterocycles. The van der Waals surface area contributed by atoms with E-state index in [2.05, 4.69) is 4.98 Å². The van der Waals surface area contributed by atoms with Crippen LogP contribution < -0.4 is 11.2 Å². The van der Waals surface area contributed by atoms with Crippen molar-refractivity contribution in [2.75, 3.05) is 13.2 Å². The number of nitrogens with zero attached hydrogens (tertiary/aromatic N) is 1. The van der Waals surface area contributed by atoms with Gasteiger partial charge in [0.2, 0.25) is 0 Å². The number of hydrogen-bond donors (Lipinski definition) is 4. The van der Waals surface area contributed by atoms with Crippen molar-refractivity contribution in [3.8, 4) is 0 Å². The summed E-state index contributed by atoms with van der Waals surface area (Å²) < 4.78 is 12.7. The van der Waals surface area contributed by atoms with Gasteiger partial charge in [-0.1, -0.05) is 0 Å². The second-order valence-corrected chi connectivity index (χ2v) is 6.54. The van der Waals surface area contributed by atoms with Crippen LogP contribution in [0.2, 0.25) is 0 Å². The summed E-state index contributed by atoms with van der Waals surface area (Å²) in [5, 5.41) is 29.7. The number of aliphatic hydroxyl groups excluding tert-OH is 2. The molecule has 1 unspecified atom stereocenters. The fourth-order valence-corrected chi connectivity index (χ4v) is 3.39. The molecule has 134 valence electrons. The maximum Gasteiger partial charge on any atom is 0.330 e.